The van der Waals surface area contributed by atoms with Crippen molar-refractivity contribution in [1.29, 1.82) is 0 Å². The van der Waals surface area contributed by atoms with Gasteiger partial charge in [0.1, 0.15) is 0 Å². The molecule has 0 aliphatic rings. The first kappa shape index (κ1) is 12.2. The molecule has 4 heteroatoms. The topological polar surface area (TPSA) is 40.5 Å². The zero-order valence-corrected chi connectivity index (χ0v) is 10.1. The summed E-state index contributed by atoms with van der Waals surface area (Å²) in [6.45, 7) is 6.19. The summed E-state index contributed by atoms with van der Waals surface area (Å²) in [6.07, 6.45) is 0. The Balaban J connectivity index is 2.76. The fourth-order valence-electron chi connectivity index (χ4n) is 1.62. The van der Waals surface area contributed by atoms with Gasteiger partial charge in [-0.05, 0) is 32.2 Å². The average Bonchev–Trinajstić information content (AvgIpc) is 2.65. The maximum absolute atomic E-state index is 10.7. The molecule has 1 atom stereocenters. The lowest BCUT2D eigenvalue weighted by Crippen LogP contribution is -2.37. The molecule has 0 radical (unpaired) electrons. The van der Waals surface area contributed by atoms with Gasteiger partial charge in [0.15, 0.2) is 0 Å². The van der Waals surface area contributed by atoms with Crippen LogP contribution in [0.25, 0.3) is 0 Å². The number of carboxylic acids is 1. The van der Waals surface area contributed by atoms with Crippen molar-refractivity contribution in [2.75, 3.05) is 6.54 Å². The Hall–Kier alpha value is -0.870. The Labute approximate surface area is 94.3 Å². The van der Waals surface area contributed by atoms with E-state index in [4.69, 9.17) is 5.11 Å². The highest BCUT2D eigenvalue weighted by Crippen LogP contribution is 2.25. The fourth-order valence-corrected chi connectivity index (χ4v) is 2.42. The molecule has 1 N–H and O–H groups in total. The predicted molar refractivity (Wildman–Crippen MR) is 62.2 cm³/mol. The number of nitrogens with zero attached hydrogens (tertiary/aromatic N) is 1. The highest BCUT2D eigenvalue weighted by molar-refractivity contribution is 7.10. The van der Waals surface area contributed by atoms with Crippen LogP contribution in [0.3, 0.4) is 0 Å². The second-order valence-electron chi connectivity index (χ2n) is 3.85. The molecule has 1 aromatic heterocycles. The van der Waals surface area contributed by atoms with Gasteiger partial charge >= 0.3 is 5.97 Å². The van der Waals surface area contributed by atoms with Crippen molar-refractivity contribution < 1.29 is 9.90 Å². The van der Waals surface area contributed by atoms with E-state index < -0.39 is 5.97 Å². The van der Waals surface area contributed by atoms with Crippen LogP contribution in [0.4, 0.5) is 0 Å². The minimum atomic E-state index is -0.771. The third kappa shape index (κ3) is 3.32. The molecule has 84 valence electrons. The van der Waals surface area contributed by atoms with Gasteiger partial charge in [0.05, 0.1) is 6.54 Å². The van der Waals surface area contributed by atoms with E-state index in [9.17, 15) is 4.79 Å². The Bertz CT molecular complexity index is 308. The lowest BCUT2D eigenvalue weighted by molar-refractivity contribution is -0.139. The van der Waals surface area contributed by atoms with E-state index in [0.29, 0.717) is 0 Å². The second-order valence-corrected chi connectivity index (χ2v) is 4.83. The number of hydrogen-bond acceptors (Lipinski definition) is 3. The van der Waals surface area contributed by atoms with Crippen molar-refractivity contribution in [2.45, 2.75) is 32.9 Å². The van der Waals surface area contributed by atoms with Gasteiger partial charge < -0.3 is 5.11 Å². The lowest BCUT2D eigenvalue weighted by Gasteiger charge is -2.30. The molecule has 1 rings (SSSR count). The molecule has 0 fully saturated rings. The maximum atomic E-state index is 10.7. The van der Waals surface area contributed by atoms with E-state index in [0.717, 1.165) is 0 Å². The van der Waals surface area contributed by atoms with Gasteiger partial charge in [-0.25, -0.2) is 0 Å². The van der Waals surface area contributed by atoms with Gasteiger partial charge in [-0.15, -0.1) is 11.3 Å². The number of hydrogen-bond donors (Lipinski definition) is 1. The summed E-state index contributed by atoms with van der Waals surface area (Å²) in [7, 11) is 0. The van der Waals surface area contributed by atoms with E-state index in [2.05, 4.69) is 6.92 Å². The molecule has 0 aromatic carbocycles. The standard InChI is InChI=1S/C11H17NO2S/c1-8(2)12(7-11(13)14)9(3)10-5-4-6-15-10/h4-6,8-9H,7H2,1-3H3,(H,13,14). The maximum Gasteiger partial charge on any atom is 0.317 e. The third-order valence-electron chi connectivity index (χ3n) is 2.43. The van der Waals surface area contributed by atoms with Gasteiger partial charge in [-0.1, -0.05) is 6.07 Å². The van der Waals surface area contributed by atoms with Crippen LogP contribution in [0.5, 0.6) is 0 Å². The second kappa shape index (κ2) is 5.28. The van der Waals surface area contributed by atoms with Gasteiger partial charge in [-0.2, -0.15) is 0 Å². The predicted octanol–water partition coefficient (Wildman–Crippen LogP) is 2.60. The first-order valence-electron chi connectivity index (χ1n) is 5.03. The molecule has 0 saturated carbocycles. The van der Waals surface area contributed by atoms with Gasteiger partial charge in [-0.3, -0.25) is 9.69 Å². The van der Waals surface area contributed by atoms with Crippen LogP contribution in [0.1, 0.15) is 31.7 Å². The Morgan fingerprint density at radius 1 is 1.53 bits per heavy atom. The molecule has 1 unspecified atom stereocenters. The molecular weight excluding hydrogens is 210 g/mol. The molecule has 1 aromatic rings. The van der Waals surface area contributed by atoms with Crippen LogP contribution < -0.4 is 0 Å². The lowest BCUT2D eigenvalue weighted by atomic mass is 10.2. The molecule has 0 aliphatic carbocycles. The van der Waals surface area contributed by atoms with E-state index in [1.54, 1.807) is 11.3 Å². The summed E-state index contributed by atoms with van der Waals surface area (Å²) in [4.78, 5) is 13.9. The number of rotatable bonds is 5. The Morgan fingerprint density at radius 2 is 2.20 bits per heavy atom. The molecular formula is C11H17NO2S. The molecule has 0 amide bonds. The highest BCUT2D eigenvalue weighted by atomic mass is 32.1. The summed E-state index contributed by atoms with van der Waals surface area (Å²) in [6, 6.07) is 4.45. The first-order chi connectivity index (χ1) is 7.02. The number of carbonyl (C=O) groups is 1. The molecule has 0 saturated heterocycles. The van der Waals surface area contributed by atoms with Crippen LogP contribution in [-0.2, 0) is 4.79 Å². The van der Waals surface area contributed by atoms with E-state index >= 15 is 0 Å². The molecule has 0 bridgehead atoms. The molecule has 15 heavy (non-hydrogen) atoms. The molecule has 1 heterocycles. The van der Waals surface area contributed by atoms with E-state index in [1.165, 1.54) is 4.88 Å². The number of aliphatic carboxylic acids is 1. The largest absolute Gasteiger partial charge is 0.480 e. The van der Waals surface area contributed by atoms with Crippen LogP contribution in [0, 0.1) is 0 Å². The van der Waals surface area contributed by atoms with E-state index in [1.807, 2.05) is 36.3 Å². The summed E-state index contributed by atoms with van der Waals surface area (Å²) < 4.78 is 0. The smallest absolute Gasteiger partial charge is 0.317 e. The van der Waals surface area contributed by atoms with Crippen molar-refractivity contribution >= 4 is 17.3 Å². The third-order valence-corrected chi connectivity index (χ3v) is 3.48. The number of carboxylic acid groups (broad SMARTS) is 1. The number of thiophene rings is 1. The minimum Gasteiger partial charge on any atom is -0.480 e. The van der Waals surface area contributed by atoms with Crippen molar-refractivity contribution in [3.8, 4) is 0 Å². The molecule has 0 aliphatic heterocycles. The Morgan fingerprint density at radius 3 is 2.60 bits per heavy atom. The average molecular weight is 227 g/mol. The SMILES string of the molecule is CC(C)N(CC(=O)O)C(C)c1cccs1. The summed E-state index contributed by atoms with van der Waals surface area (Å²) in [5, 5.41) is 10.9. The fraction of sp³-hybridized carbons (Fsp3) is 0.545. The van der Waals surface area contributed by atoms with E-state index in [-0.39, 0.29) is 18.6 Å². The van der Waals surface area contributed by atoms with Crippen molar-refractivity contribution in [3.63, 3.8) is 0 Å². The molecule has 0 spiro atoms. The Kier molecular flexibility index (Phi) is 4.29. The van der Waals surface area contributed by atoms with Crippen molar-refractivity contribution in [2.24, 2.45) is 0 Å². The van der Waals surface area contributed by atoms with Gasteiger partial charge in [0, 0.05) is 17.0 Å². The monoisotopic (exact) mass is 227 g/mol. The zero-order valence-electron chi connectivity index (χ0n) is 9.30. The summed E-state index contributed by atoms with van der Waals surface area (Å²) >= 11 is 1.67. The summed E-state index contributed by atoms with van der Waals surface area (Å²) in [5.41, 5.74) is 0. The minimum absolute atomic E-state index is 0.0940. The van der Waals surface area contributed by atoms with Gasteiger partial charge in [0.25, 0.3) is 0 Å². The first-order valence-corrected chi connectivity index (χ1v) is 5.91. The summed E-state index contributed by atoms with van der Waals surface area (Å²) in [5.74, 6) is -0.771. The van der Waals surface area contributed by atoms with Crippen LogP contribution in [0.2, 0.25) is 0 Å². The normalized spacial score (nSPS) is 13.4. The van der Waals surface area contributed by atoms with Crippen molar-refractivity contribution in [3.05, 3.63) is 22.4 Å². The van der Waals surface area contributed by atoms with Crippen molar-refractivity contribution in [1.82, 2.24) is 4.90 Å². The zero-order chi connectivity index (χ0) is 11.4. The molecule has 3 nitrogen and oxygen atoms in total. The quantitative estimate of drug-likeness (QED) is 0.840. The van der Waals surface area contributed by atoms with Crippen LogP contribution in [0.15, 0.2) is 17.5 Å². The van der Waals surface area contributed by atoms with Crippen LogP contribution in [-0.4, -0.2) is 28.6 Å². The van der Waals surface area contributed by atoms with Gasteiger partial charge in [0.2, 0.25) is 0 Å². The van der Waals surface area contributed by atoms with Crippen LogP contribution >= 0.6 is 11.3 Å². The highest BCUT2D eigenvalue weighted by Gasteiger charge is 2.21.